The zero-order valence-corrected chi connectivity index (χ0v) is 8.91. The Kier molecular flexibility index (Phi) is 2.97. The van der Waals surface area contributed by atoms with Crippen molar-refractivity contribution in [1.82, 2.24) is 0 Å². The van der Waals surface area contributed by atoms with Crippen molar-refractivity contribution in [2.45, 2.75) is 18.7 Å². The average molecular weight is 234 g/mol. The Labute approximate surface area is 80.7 Å². The van der Waals surface area contributed by atoms with Crippen LogP contribution >= 0.6 is 27.5 Å². The molecule has 1 atom stereocenters. The molecule has 1 rings (SSSR count). The normalized spacial score (nSPS) is 13.1. The summed E-state index contributed by atoms with van der Waals surface area (Å²) < 4.78 is 0. The molecule has 1 aromatic rings. The summed E-state index contributed by atoms with van der Waals surface area (Å²) >= 11 is 9.42. The van der Waals surface area contributed by atoms with Gasteiger partial charge in [0.25, 0.3) is 0 Å². The zero-order valence-electron chi connectivity index (χ0n) is 6.57. The predicted octanol–water partition coefficient (Wildman–Crippen LogP) is 4.10. The van der Waals surface area contributed by atoms with Gasteiger partial charge in [-0.05, 0) is 31.0 Å². The fraction of sp³-hybridized carbons (Fsp3) is 0.333. The molecular weight excluding hydrogens is 223 g/mol. The molecule has 0 saturated heterocycles. The quantitative estimate of drug-likeness (QED) is 0.641. The minimum absolute atomic E-state index is 0.376. The van der Waals surface area contributed by atoms with E-state index in [4.69, 9.17) is 11.6 Å². The van der Waals surface area contributed by atoms with Gasteiger partial charge in [-0.2, -0.15) is 0 Å². The number of hydrogen-bond donors (Lipinski definition) is 0. The van der Waals surface area contributed by atoms with Crippen molar-refractivity contribution in [2.75, 3.05) is 0 Å². The molecule has 0 amide bonds. The number of benzene rings is 1. The van der Waals surface area contributed by atoms with E-state index in [9.17, 15) is 0 Å². The van der Waals surface area contributed by atoms with Crippen LogP contribution in [0.1, 0.15) is 22.9 Å². The molecule has 0 saturated carbocycles. The lowest BCUT2D eigenvalue weighted by molar-refractivity contribution is 1.12. The summed E-state index contributed by atoms with van der Waals surface area (Å²) in [5, 5.41) is 0.841. The third-order valence-corrected chi connectivity index (χ3v) is 2.59. The van der Waals surface area contributed by atoms with Crippen LogP contribution in [0.25, 0.3) is 0 Å². The van der Waals surface area contributed by atoms with Gasteiger partial charge in [0, 0.05) is 9.85 Å². The predicted molar refractivity (Wildman–Crippen MR) is 53.5 cm³/mol. The van der Waals surface area contributed by atoms with Crippen molar-refractivity contribution < 1.29 is 0 Å². The first-order chi connectivity index (χ1) is 5.11. The second-order valence-corrected chi connectivity index (χ2v) is 4.41. The molecule has 1 unspecified atom stereocenters. The molecule has 0 aliphatic heterocycles. The Morgan fingerprint density at radius 3 is 2.55 bits per heavy atom. The zero-order chi connectivity index (χ0) is 8.43. The molecule has 2 heteroatoms. The monoisotopic (exact) mass is 232 g/mol. The summed E-state index contributed by atoms with van der Waals surface area (Å²) in [6, 6.07) is 6.12. The van der Waals surface area contributed by atoms with E-state index in [1.165, 1.54) is 5.56 Å². The van der Waals surface area contributed by atoms with Crippen molar-refractivity contribution >= 4 is 27.5 Å². The molecule has 0 aromatic heterocycles. The molecular formula is C9H10BrCl. The van der Waals surface area contributed by atoms with Gasteiger partial charge in [0.1, 0.15) is 0 Å². The summed E-state index contributed by atoms with van der Waals surface area (Å²) in [4.78, 5) is 0.376. The Morgan fingerprint density at radius 1 is 1.45 bits per heavy atom. The fourth-order valence-electron chi connectivity index (χ4n) is 0.857. The highest BCUT2D eigenvalue weighted by molar-refractivity contribution is 9.09. The lowest BCUT2D eigenvalue weighted by atomic mass is 10.1. The Balaban J connectivity index is 3.05. The molecule has 1 aromatic carbocycles. The molecule has 0 heterocycles. The van der Waals surface area contributed by atoms with Gasteiger partial charge in [0.15, 0.2) is 0 Å². The van der Waals surface area contributed by atoms with Crippen molar-refractivity contribution in [3.63, 3.8) is 0 Å². The van der Waals surface area contributed by atoms with Crippen LogP contribution in [0.15, 0.2) is 18.2 Å². The Hall–Kier alpha value is -0.0100. The third-order valence-electron chi connectivity index (χ3n) is 1.66. The number of aryl methyl sites for hydroxylation is 1. The van der Waals surface area contributed by atoms with E-state index < -0.39 is 0 Å². The lowest BCUT2D eigenvalue weighted by Crippen LogP contribution is -1.84. The SMILES string of the molecule is Cc1ccc(C(C)Br)cc1Cl. The highest BCUT2D eigenvalue weighted by atomic mass is 79.9. The topological polar surface area (TPSA) is 0 Å². The summed E-state index contributed by atoms with van der Waals surface area (Å²) in [6.07, 6.45) is 0. The van der Waals surface area contributed by atoms with Crippen LogP contribution in [0.5, 0.6) is 0 Å². The average Bonchev–Trinajstić information content (AvgIpc) is 1.94. The van der Waals surface area contributed by atoms with Gasteiger partial charge in [-0.1, -0.05) is 39.7 Å². The van der Waals surface area contributed by atoms with E-state index in [1.807, 2.05) is 19.1 Å². The fourth-order valence-corrected chi connectivity index (χ4v) is 1.33. The standard InChI is InChI=1S/C9H10BrCl/c1-6-3-4-8(7(2)10)5-9(6)11/h3-5,7H,1-2H3. The Morgan fingerprint density at radius 2 is 2.09 bits per heavy atom. The van der Waals surface area contributed by atoms with Gasteiger partial charge in [-0.3, -0.25) is 0 Å². The maximum atomic E-state index is 5.94. The van der Waals surface area contributed by atoms with Crippen LogP contribution in [0.4, 0.5) is 0 Å². The first-order valence-electron chi connectivity index (χ1n) is 3.51. The van der Waals surface area contributed by atoms with Crippen LogP contribution in [-0.4, -0.2) is 0 Å². The number of hydrogen-bond acceptors (Lipinski definition) is 0. The first kappa shape index (κ1) is 9.08. The van der Waals surface area contributed by atoms with Crippen molar-refractivity contribution in [3.8, 4) is 0 Å². The van der Waals surface area contributed by atoms with E-state index in [2.05, 4.69) is 28.9 Å². The van der Waals surface area contributed by atoms with Crippen LogP contribution < -0.4 is 0 Å². The van der Waals surface area contributed by atoms with E-state index >= 15 is 0 Å². The van der Waals surface area contributed by atoms with Crippen molar-refractivity contribution in [3.05, 3.63) is 34.3 Å². The summed E-state index contributed by atoms with van der Waals surface area (Å²) in [5.41, 5.74) is 2.35. The van der Waals surface area contributed by atoms with Crippen LogP contribution in [-0.2, 0) is 0 Å². The number of alkyl halides is 1. The molecule has 0 N–H and O–H groups in total. The summed E-state index contributed by atoms with van der Waals surface area (Å²) in [7, 11) is 0. The summed E-state index contributed by atoms with van der Waals surface area (Å²) in [5.74, 6) is 0. The highest BCUT2D eigenvalue weighted by Crippen LogP contribution is 2.25. The van der Waals surface area contributed by atoms with Crippen LogP contribution in [0.2, 0.25) is 5.02 Å². The van der Waals surface area contributed by atoms with Crippen molar-refractivity contribution in [1.29, 1.82) is 0 Å². The van der Waals surface area contributed by atoms with Crippen molar-refractivity contribution in [2.24, 2.45) is 0 Å². The molecule has 0 aliphatic carbocycles. The van der Waals surface area contributed by atoms with E-state index in [-0.39, 0.29) is 0 Å². The van der Waals surface area contributed by atoms with Gasteiger partial charge in [0.2, 0.25) is 0 Å². The molecule has 0 spiro atoms. The smallest absolute Gasteiger partial charge is 0.0438 e. The van der Waals surface area contributed by atoms with Gasteiger partial charge < -0.3 is 0 Å². The number of rotatable bonds is 1. The van der Waals surface area contributed by atoms with Gasteiger partial charge >= 0.3 is 0 Å². The first-order valence-corrected chi connectivity index (χ1v) is 4.80. The van der Waals surface area contributed by atoms with E-state index in [1.54, 1.807) is 0 Å². The van der Waals surface area contributed by atoms with Gasteiger partial charge in [-0.15, -0.1) is 0 Å². The molecule has 0 fully saturated rings. The maximum Gasteiger partial charge on any atom is 0.0438 e. The minimum atomic E-state index is 0.376. The number of halogens is 2. The molecule has 0 aliphatic rings. The molecule has 0 nitrogen and oxygen atoms in total. The van der Waals surface area contributed by atoms with Crippen LogP contribution in [0.3, 0.4) is 0 Å². The molecule has 0 bridgehead atoms. The minimum Gasteiger partial charge on any atom is -0.0842 e. The molecule has 11 heavy (non-hydrogen) atoms. The second kappa shape index (κ2) is 3.59. The maximum absolute atomic E-state index is 5.94. The van der Waals surface area contributed by atoms with E-state index in [0.717, 1.165) is 10.6 Å². The largest absolute Gasteiger partial charge is 0.0842 e. The van der Waals surface area contributed by atoms with Gasteiger partial charge in [-0.25, -0.2) is 0 Å². The third kappa shape index (κ3) is 2.21. The van der Waals surface area contributed by atoms with Crippen LogP contribution in [0, 0.1) is 6.92 Å². The lowest BCUT2D eigenvalue weighted by Gasteiger charge is -2.04. The van der Waals surface area contributed by atoms with Gasteiger partial charge in [0.05, 0.1) is 0 Å². The second-order valence-electron chi connectivity index (χ2n) is 2.62. The Bertz CT molecular complexity index is 256. The molecule has 0 radical (unpaired) electrons. The molecule has 60 valence electrons. The summed E-state index contributed by atoms with van der Waals surface area (Å²) in [6.45, 7) is 4.09. The van der Waals surface area contributed by atoms with E-state index in [0.29, 0.717) is 4.83 Å². The highest BCUT2D eigenvalue weighted by Gasteiger charge is 2.01.